The second-order valence-electron chi connectivity index (χ2n) is 6.11. The van der Waals surface area contributed by atoms with Crippen LogP contribution in [0.5, 0.6) is 5.75 Å². The summed E-state index contributed by atoms with van der Waals surface area (Å²) in [6.07, 6.45) is 0.805. The molecule has 0 saturated carbocycles. The topological polar surface area (TPSA) is 59.1 Å². The molecule has 2 fully saturated rings. The van der Waals surface area contributed by atoms with Crippen molar-refractivity contribution >= 4 is 11.8 Å². The first-order chi connectivity index (χ1) is 11.7. The van der Waals surface area contributed by atoms with E-state index in [9.17, 15) is 9.59 Å². The Bertz CT molecular complexity index is 590. The summed E-state index contributed by atoms with van der Waals surface area (Å²) < 4.78 is 10.8. The molecule has 24 heavy (non-hydrogen) atoms. The third kappa shape index (κ3) is 3.53. The summed E-state index contributed by atoms with van der Waals surface area (Å²) >= 11 is 0. The number of rotatable bonds is 4. The summed E-state index contributed by atoms with van der Waals surface area (Å²) in [5.74, 6) is 0.738. The lowest BCUT2D eigenvalue weighted by Crippen LogP contribution is -2.52. The fourth-order valence-electron chi connectivity index (χ4n) is 3.21. The Balaban J connectivity index is 1.60. The van der Waals surface area contributed by atoms with Crippen LogP contribution in [0.15, 0.2) is 24.3 Å². The summed E-state index contributed by atoms with van der Waals surface area (Å²) in [6, 6.07) is 7.31. The van der Waals surface area contributed by atoms with Crippen molar-refractivity contribution in [2.24, 2.45) is 5.92 Å². The van der Waals surface area contributed by atoms with Crippen LogP contribution in [0.25, 0.3) is 0 Å². The van der Waals surface area contributed by atoms with Crippen molar-refractivity contribution in [3.63, 3.8) is 0 Å². The normalized spacial score (nSPS) is 21.0. The van der Waals surface area contributed by atoms with E-state index in [1.807, 2.05) is 30.0 Å². The van der Waals surface area contributed by atoms with E-state index in [2.05, 4.69) is 0 Å². The minimum Gasteiger partial charge on any atom is -0.493 e. The predicted molar refractivity (Wildman–Crippen MR) is 89.0 cm³/mol. The summed E-state index contributed by atoms with van der Waals surface area (Å²) in [7, 11) is 0. The highest BCUT2D eigenvalue weighted by molar-refractivity contribution is 5.97. The zero-order valence-corrected chi connectivity index (χ0v) is 14.1. The van der Waals surface area contributed by atoms with Gasteiger partial charge in [0.1, 0.15) is 5.75 Å². The first-order valence-corrected chi connectivity index (χ1v) is 8.58. The molecule has 1 aromatic carbocycles. The van der Waals surface area contributed by atoms with E-state index in [0.29, 0.717) is 57.3 Å². The van der Waals surface area contributed by atoms with Gasteiger partial charge in [0, 0.05) is 32.8 Å². The van der Waals surface area contributed by atoms with Gasteiger partial charge in [0.05, 0.1) is 24.7 Å². The first-order valence-electron chi connectivity index (χ1n) is 8.58. The van der Waals surface area contributed by atoms with E-state index in [-0.39, 0.29) is 17.7 Å². The zero-order valence-electron chi connectivity index (χ0n) is 14.1. The number of nitrogens with zero attached hydrogens (tertiary/aromatic N) is 2. The molecule has 1 aromatic rings. The summed E-state index contributed by atoms with van der Waals surface area (Å²) in [4.78, 5) is 28.8. The van der Waals surface area contributed by atoms with Crippen molar-refractivity contribution in [2.75, 3.05) is 46.0 Å². The summed E-state index contributed by atoms with van der Waals surface area (Å²) in [6.45, 7) is 5.89. The molecule has 2 aliphatic heterocycles. The molecule has 0 spiro atoms. The fraction of sp³-hybridized carbons (Fsp3) is 0.556. The molecule has 0 aromatic heterocycles. The third-order valence-electron chi connectivity index (χ3n) is 4.57. The molecule has 2 amide bonds. The van der Waals surface area contributed by atoms with Gasteiger partial charge < -0.3 is 19.3 Å². The summed E-state index contributed by atoms with van der Waals surface area (Å²) in [5, 5.41) is 0. The van der Waals surface area contributed by atoms with Crippen molar-refractivity contribution < 1.29 is 19.1 Å². The van der Waals surface area contributed by atoms with Gasteiger partial charge in [-0.1, -0.05) is 12.1 Å². The molecule has 0 N–H and O–H groups in total. The molecule has 2 saturated heterocycles. The lowest BCUT2D eigenvalue weighted by atomic mass is 10.1. The Morgan fingerprint density at radius 1 is 1.17 bits per heavy atom. The lowest BCUT2D eigenvalue weighted by molar-refractivity contribution is -0.137. The molecule has 1 atom stereocenters. The van der Waals surface area contributed by atoms with Crippen LogP contribution in [0.4, 0.5) is 0 Å². The van der Waals surface area contributed by atoms with Gasteiger partial charge >= 0.3 is 0 Å². The van der Waals surface area contributed by atoms with Crippen molar-refractivity contribution in [3.8, 4) is 5.75 Å². The minimum absolute atomic E-state index is 0.00840. The van der Waals surface area contributed by atoms with Crippen molar-refractivity contribution in [3.05, 3.63) is 29.8 Å². The minimum atomic E-state index is -0.0321. The van der Waals surface area contributed by atoms with Crippen LogP contribution in [-0.2, 0) is 9.53 Å². The number of para-hydroxylation sites is 1. The van der Waals surface area contributed by atoms with Gasteiger partial charge in [-0.2, -0.15) is 0 Å². The number of carbonyl (C=O) groups is 2. The van der Waals surface area contributed by atoms with Crippen LogP contribution in [0, 0.1) is 5.92 Å². The van der Waals surface area contributed by atoms with Crippen molar-refractivity contribution in [1.29, 1.82) is 0 Å². The van der Waals surface area contributed by atoms with E-state index >= 15 is 0 Å². The number of ether oxygens (including phenoxy) is 2. The molecule has 1 unspecified atom stereocenters. The van der Waals surface area contributed by atoms with Crippen LogP contribution in [0.2, 0.25) is 0 Å². The van der Waals surface area contributed by atoms with E-state index in [0.717, 1.165) is 6.42 Å². The molecule has 0 radical (unpaired) electrons. The Kier molecular flexibility index (Phi) is 5.35. The Labute approximate surface area is 142 Å². The molecule has 6 heteroatoms. The number of piperazine rings is 1. The zero-order chi connectivity index (χ0) is 16.9. The average molecular weight is 332 g/mol. The van der Waals surface area contributed by atoms with Crippen LogP contribution in [0.1, 0.15) is 23.7 Å². The van der Waals surface area contributed by atoms with E-state index in [1.54, 1.807) is 11.0 Å². The van der Waals surface area contributed by atoms with E-state index in [1.165, 1.54) is 0 Å². The number of hydrogen-bond donors (Lipinski definition) is 0. The number of amides is 2. The van der Waals surface area contributed by atoms with Gasteiger partial charge in [0.25, 0.3) is 5.91 Å². The van der Waals surface area contributed by atoms with E-state index < -0.39 is 0 Å². The Morgan fingerprint density at radius 2 is 1.88 bits per heavy atom. The monoisotopic (exact) mass is 332 g/mol. The maximum absolute atomic E-state index is 12.8. The standard InChI is InChI=1S/C18H24N2O4/c1-2-24-16-6-4-3-5-15(16)18(22)20-10-8-19(9-11-20)17(21)14-7-12-23-13-14/h3-6,14H,2,7-13H2,1H3. The maximum Gasteiger partial charge on any atom is 0.257 e. The molecule has 0 bridgehead atoms. The molecule has 6 nitrogen and oxygen atoms in total. The maximum atomic E-state index is 12.8. The smallest absolute Gasteiger partial charge is 0.257 e. The summed E-state index contributed by atoms with van der Waals surface area (Å²) in [5.41, 5.74) is 0.586. The second-order valence-corrected chi connectivity index (χ2v) is 6.11. The van der Waals surface area contributed by atoms with Crippen molar-refractivity contribution in [1.82, 2.24) is 9.80 Å². The van der Waals surface area contributed by atoms with Crippen LogP contribution in [-0.4, -0.2) is 67.6 Å². The van der Waals surface area contributed by atoms with Gasteiger partial charge in [-0.25, -0.2) is 0 Å². The molecule has 2 heterocycles. The van der Waals surface area contributed by atoms with Gasteiger partial charge in [0.15, 0.2) is 0 Å². The predicted octanol–water partition coefficient (Wildman–Crippen LogP) is 1.41. The third-order valence-corrected chi connectivity index (χ3v) is 4.57. The van der Waals surface area contributed by atoms with Gasteiger partial charge in [-0.05, 0) is 25.5 Å². The molecule has 3 rings (SSSR count). The largest absolute Gasteiger partial charge is 0.493 e. The first kappa shape index (κ1) is 16.8. The molecule has 0 aliphatic carbocycles. The lowest BCUT2D eigenvalue weighted by Gasteiger charge is -2.36. The average Bonchev–Trinajstić information content (AvgIpc) is 3.16. The Hall–Kier alpha value is -2.08. The van der Waals surface area contributed by atoms with Crippen LogP contribution < -0.4 is 4.74 Å². The van der Waals surface area contributed by atoms with Crippen LogP contribution in [0.3, 0.4) is 0 Å². The molecule has 2 aliphatic rings. The number of benzene rings is 1. The van der Waals surface area contributed by atoms with Crippen molar-refractivity contribution in [2.45, 2.75) is 13.3 Å². The number of carbonyl (C=O) groups excluding carboxylic acids is 2. The molecule has 130 valence electrons. The van der Waals surface area contributed by atoms with E-state index in [4.69, 9.17) is 9.47 Å². The number of hydrogen-bond acceptors (Lipinski definition) is 4. The van der Waals surface area contributed by atoms with Gasteiger partial charge in [-0.3, -0.25) is 9.59 Å². The highest BCUT2D eigenvalue weighted by Crippen LogP contribution is 2.22. The molecular weight excluding hydrogens is 308 g/mol. The second kappa shape index (κ2) is 7.66. The fourth-order valence-corrected chi connectivity index (χ4v) is 3.21. The SMILES string of the molecule is CCOc1ccccc1C(=O)N1CCN(C(=O)C2CCOC2)CC1. The quantitative estimate of drug-likeness (QED) is 0.836. The van der Waals surface area contributed by atoms with Crippen LogP contribution >= 0.6 is 0 Å². The van der Waals surface area contributed by atoms with Gasteiger partial charge in [-0.15, -0.1) is 0 Å². The Morgan fingerprint density at radius 3 is 2.54 bits per heavy atom. The highest BCUT2D eigenvalue weighted by Gasteiger charge is 2.31. The highest BCUT2D eigenvalue weighted by atomic mass is 16.5. The van der Waals surface area contributed by atoms with Gasteiger partial charge in [0.2, 0.25) is 5.91 Å². The molecular formula is C18H24N2O4.